The molecule has 1 aliphatic rings. The fourth-order valence-electron chi connectivity index (χ4n) is 3.03. The van der Waals surface area contributed by atoms with Crippen LogP contribution in [0.25, 0.3) is 0 Å². The maximum Gasteiger partial charge on any atom is 0.311 e. The lowest BCUT2D eigenvalue weighted by atomic mass is 9.99. The molecule has 1 N–H and O–H groups in total. The summed E-state index contributed by atoms with van der Waals surface area (Å²) in [6.45, 7) is 5.18. The van der Waals surface area contributed by atoms with Crippen molar-refractivity contribution in [3.63, 3.8) is 0 Å². The number of amides is 1. The lowest BCUT2D eigenvalue weighted by molar-refractivity contribution is -0.385. The van der Waals surface area contributed by atoms with Crippen molar-refractivity contribution >= 4 is 28.1 Å². The molecule has 0 spiro atoms. The number of aromatic nitrogens is 1. The molecule has 1 saturated heterocycles. The molecule has 27 heavy (non-hydrogen) atoms. The van der Waals surface area contributed by atoms with Gasteiger partial charge in [-0.1, -0.05) is 6.92 Å². The maximum atomic E-state index is 12.4. The van der Waals surface area contributed by atoms with Gasteiger partial charge in [0.2, 0.25) is 0 Å². The summed E-state index contributed by atoms with van der Waals surface area (Å²) in [6, 6.07) is 4.11. The van der Waals surface area contributed by atoms with Gasteiger partial charge in [0.15, 0.2) is 10.9 Å². The van der Waals surface area contributed by atoms with Crippen molar-refractivity contribution in [3.8, 4) is 5.75 Å². The number of benzene rings is 1. The fourth-order valence-corrected chi connectivity index (χ4v) is 3.73. The van der Waals surface area contributed by atoms with Gasteiger partial charge in [-0.15, -0.1) is 11.3 Å². The highest BCUT2D eigenvalue weighted by molar-refractivity contribution is 7.13. The maximum absolute atomic E-state index is 12.4. The average Bonchev–Trinajstić information content (AvgIpc) is 3.09. The number of nitro groups is 1. The highest BCUT2D eigenvalue weighted by atomic mass is 32.1. The van der Waals surface area contributed by atoms with E-state index in [1.54, 1.807) is 0 Å². The molecule has 0 bridgehead atoms. The number of thiazole rings is 1. The predicted molar refractivity (Wildman–Crippen MR) is 103 cm³/mol. The third kappa shape index (κ3) is 4.81. The molecule has 1 aromatic carbocycles. The summed E-state index contributed by atoms with van der Waals surface area (Å²) >= 11 is 1.35. The number of ether oxygens (including phenoxy) is 1. The Hall–Kier alpha value is -2.52. The first-order chi connectivity index (χ1) is 13.0. The van der Waals surface area contributed by atoms with Gasteiger partial charge in [0.05, 0.1) is 17.7 Å². The van der Waals surface area contributed by atoms with Crippen LogP contribution in [0.15, 0.2) is 23.6 Å². The second-order valence-electron chi connectivity index (χ2n) is 6.70. The number of carbonyl (C=O) groups is 1. The Kier molecular flexibility index (Phi) is 6.02. The van der Waals surface area contributed by atoms with Crippen LogP contribution < -0.4 is 10.1 Å². The quantitative estimate of drug-likeness (QED) is 0.598. The summed E-state index contributed by atoms with van der Waals surface area (Å²) in [5.74, 6) is 0.456. The lowest BCUT2D eigenvalue weighted by Gasteiger charge is -2.29. The number of piperidine rings is 1. The first-order valence-electron chi connectivity index (χ1n) is 8.77. The van der Waals surface area contributed by atoms with Crippen molar-refractivity contribution in [2.75, 3.05) is 25.5 Å². The van der Waals surface area contributed by atoms with Crippen LogP contribution in [-0.4, -0.2) is 40.9 Å². The van der Waals surface area contributed by atoms with E-state index in [-0.39, 0.29) is 17.0 Å². The van der Waals surface area contributed by atoms with Crippen molar-refractivity contribution in [1.29, 1.82) is 0 Å². The number of anilines is 1. The second kappa shape index (κ2) is 8.45. The molecule has 0 radical (unpaired) electrons. The molecule has 3 rings (SSSR count). The van der Waals surface area contributed by atoms with E-state index in [9.17, 15) is 14.9 Å². The average molecular weight is 390 g/mol. The van der Waals surface area contributed by atoms with Gasteiger partial charge in [-0.05, 0) is 44.0 Å². The Bertz CT molecular complexity index is 831. The molecule has 1 aliphatic heterocycles. The smallest absolute Gasteiger partial charge is 0.311 e. The minimum Gasteiger partial charge on any atom is -0.490 e. The number of hydrogen-bond acceptors (Lipinski definition) is 7. The Balaban J connectivity index is 1.64. The first-order valence-corrected chi connectivity index (χ1v) is 9.64. The number of nitrogens with one attached hydrogen (secondary N) is 1. The Morgan fingerprint density at radius 3 is 2.85 bits per heavy atom. The zero-order chi connectivity index (χ0) is 19.4. The molecule has 1 fully saturated rings. The highest BCUT2D eigenvalue weighted by Gasteiger charge is 2.20. The van der Waals surface area contributed by atoms with Gasteiger partial charge in [0.1, 0.15) is 0 Å². The summed E-state index contributed by atoms with van der Waals surface area (Å²) in [5.41, 5.74) is 0.860. The summed E-state index contributed by atoms with van der Waals surface area (Å²) in [4.78, 5) is 29.8. The van der Waals surface area contributed by atoms with E-state index in [4.69, 9.17) is 4.74 Å². The van der Waals surface area contributed by atoms with E-state index in [1.165, 1.54) is 49.5 Å². The van der Waals surface area contributed by atoms with E-state index < -0.39 is 10.8 Å². The number of hydrogen-bond donors (Lipinski definition) is 1. The highest BCUT2D eigenvalue weighted by Crippen LogP contribution is 2.28. The summed E-state index contributed by atoms with van der Waals surface area (Å²) in [6.07, 6.45) is 2.40. The molecule has 1 amide bonds. The minimum absolute atomic E-state index is 0.115. The monoisotopic (exact) mass is 390 g/mol. The van der Waals surface area contributed by atoms with E-state index >= 15 is 0 Å². The van der Waals surface area contributed by atoms with Crippen molar-refractivity contribution in [2.45, 2.75) is 26.3 Å². The Morgan fingerprint density at radius 1 is 1.44 bits per heavy atom. The van der Waals surface area contributed by atoms with Gasteiger partial charge in [-0.2, -0.15) is 0 Å². The van der Waals surface area contributed by atoms with Gasteiger partial charge in [-0.3, -0.25) is 25.1 Å². The number of carbonyl (C=O) groups excluding carboxylic acids is 1. The van der Waals surface area contributed by atoms with E-state index in [1.807, 2.05) is 5.38 Å². The molecular formula is C18H22N4O4S. The third-order valence-electron chi connectivity index (χ3n) is 4.67. The van der Waals surface area contributed by atoms with Gasteiger partial charge in [0, 0.05) is 23.6 Å². The summed E-state index contributed by atoms with van der Waals surface area (Å²) in [7, 11) is 1.35. The van der Waals surface area contributed by atoms with Gasteiger partial charge in [0.25, 0.3) is 5.91 Å². The van der Waals surface area contributed by atoms with Crippen LogP contribution in [0.3, 0.4) is 0 Å². The molecule has 0 atom stereocenters. The lowest BCUT2D eigenvalue weighted by Crippen LogP contribution is -2.32. The van der Waals surface area contributed by atoms with Crippen LogP contribution in [-0.2, 0) is 6.54 Å². The van der Waals surface area contributed by atoms with Gasteiger partial charge < -0.3 is 4.74 Å². The number of rotatable bonds is 6. The zero-order valence-corrected chi connectivity index (χ0v) is 16.1. The number of nitro benzene ring substituents is 1. The predicted octanol–water partition coefficient (Wildman–Crippen LogP) is 3.54. The molecule has 9 heteroatoms. The molecule has 8 nitrogen and oxygen atoms in total. The van der Waals surface area contributed by atoms with E-state index in [0.29, 0.717) is 5.13 Å². The third-order valence-corrected chi connectivity index (χ3v) is 5.48. The number of likely N-dealkylation sites (tertiary alicyclic amines) is 1. The second-order valence-corrected chi connectivity index (χ2v) is 7.56. The zero-order valence-electron chi connectivity index (χ0n) is 15.3. The molecule has 144 valence electrons. The minimum atomic E-state index is -0.573. The van der Waals surface area contributed by atoms with Crippen molar-refractivity contribution in [2.24, 2.45) is 5.92 Å². The van der Waals surface area contributed by atoms with Crippen molar-refractivity contribution in [3.05, 3.63) is 45.0 Å². The molecule has 2 aromatic rings. The van der Waals surface area contributed by atoms with Crippen molar-refractivity contribution in [1.82, 2.24) is 9.88 Å². The largest absolute Gasteiger partial charge is 0.490 e. The standard InChI is InChI=1S/C18H22N4O4S/c1-12-5-7-21(8-6-12)10-14-11-27-18(19-14)20-17(23)13-3-4-16(26-2)15(9-13)22(24)25/h3-4,9,11-12H,5-8,10H2,1-2H3,(H,19,20,23). The van der Waals surface area contributed by atoms with Crippen LogP contribution >= 0.6 is 11.3 Å². The Labute approximate surface area is 161 Å². The molecule has 1 aromatic heterocycles. The Morgan fingerprint density at radius 2 is 2.19 bits per heavy atom. The topological polar surface area (TPSA) is 97.6 Å². The molecule has 0 unspecified atom stereocenters. The molecule has 0 aliphatic carbocycles. The van der Waals surface area contributed by atoms with Crippen LogP contribution in [0.5, 0.6) is 5.75 Å². The first kappa shape index (κ1) is 19.2. The normalized spacial score (nSPS) is 15.5. The molecule has 0 saturated carbocycles. The van der Waals surface area contributed by atoms with Crippen LogP contribution in [0.2, 0.25) is 0 Å². The molecular weight excluding hydrogens is 368 g/mol. The van der Waals surface area contributed by atoms with Crippen LogP contribution in [0.4, 0.5) is 10.8 Å². The van der Waals surface area contributed by atoms with E-state index in [0.717, 1.165) is 31.2 Å². The van der Waals surface area contributed by atoms with Crippen LogP contribution in [0.1, 0.15) is 35.8 Å². The molecule has 2 heterocycles. The van der Waals surface area contributed by atoms with Crippen LogP contribution in [0, 0.1) is 16.0 Å². The fraction of sp³-hybridized carbons (Fsp3) is 0.444. The van der Waals surface area contributed by atoms with E-state index in [2.05, 4.69) is 22.1 Å². The SMILES string of the molecule is COc1ccc(C(=O)Nc2nc(CN3CCC(C)CC3)cs2)cc1[N+](=O)[O-]. The van der Waals surface area contributed by atoms with Gasteiger partial charge in [-0.25, -0.2) is 4.98 Å². The number of methoxy groups -OCH3 is 1. The summed E-state index contributed by atoms with van der Waals surface area (Å²) in [5, 5.41) is 16.2. The van der Waals surface area contributed by atoms with Gasteiger partial charge >= 0.3 is 5.69 Å². The number of nitrogens with zero attached hydrogens (tertiary/aromatic N) is 3. The summed E-state index contributed by atoms with van der Waals surface area (Å²) < 4.78 is 4.95. The van der Waals surface area contributed by atoms with Crippen molar-refractivity contribution < 1.29 is 14.5 Å².